The zero-order valence-electron chi connectivity index (χ0n) is 11.0. The Morgan fingerprint density at radius 2 is 2.26 bits per heavy atom. The van der Waals surface area contributed by atoms with Crippen LogP contribution in [0.1, 0.15) is 18.4 Å². The number of ether oxygens (including phenoxy) is 2. The van der Waals surface area contributed by atoms with Crippen LogP contribution in [0.2, 0.25) is 0 Å². The molecule has 0 aromatic heterocycles. The van der Waals surface area contributed by atoms with Gasteiger partial charge in [-0.3, -0.25) is 0 Å². The molecule has 1 aliphatic rings. The molecule has 0 atom stereocenters. The lowest BCUT2D eigenvalue weighted by Crippen LogP contribution is -2.44. The van der Waals surface area contributed by atoms with Crippen molar-refractivity contribution in [2.45, 2.75) is 31.5 Å². The highest BCUT2D eigenvalue weighted by Gasteiger charge is 2.28. The Kier molecular flexibility index (Phi) is 5.26. The largest absolute Gasteiger partial charge is 0.481 e. The Hall–Kier alpha value is -1.02. The Balaban J connectivity index is 1.91. The van der Waals surface area contributed by atoms with E-state index in [4.69, 9.17) is 15.9 Å². The molecule has 3 nitrogen and oxygen atoms in total. The quantitative estimate of drug-likeness (QED) is 0.816. The summed E-state index contributed by atoms with van der Waals surface area (Å²) in [5, 5.41) is 3.51. The molecule has 4 heteroatoms. The third kappa shape index (κ3) is 3.97. The SMILES string of the molecule is C#CCOc1ccc(Br)cc1CNC1CC(OC)C1. The van der Waals surface area contributed by atoms with Gasteiger partial charge in [0.05, 0.1) is 6.10 Å². The molecule has 1 saturated carbocycles. The Labute approximate surface area is 122 Å². The Morgan fingerprint density at radius 3 is 2.95 bits per heavy atom. The fraction of sp³-hybridized carbons (Fsp3) is 0.467. The van der Waals surface area contributed by atoms with Gasteiger partial charge >= 0.3 is 0 Å². The molecule has 0 heterocycles. The first-order chi connectivity index (χ1) is 9.22. The van der Waals surface area contributed by atoms with Crippen molar-refractivity contribution < 1.29 is 9.47 Å². The summed E-state index contributed by atoms with van der Waals surface area (Å²) in [7, 11) is 1.76. The zero-order chi connectivity index (χ0) is 13.7. The van der Waals surface area contributed by atoms with Crippen molar-refractivity contribution in [3.63, 3.8) is 0 Å². The van der Waals surface area contributed by atoms with Gasteiger partial charge in [0.25, 0.3) is 0 Å². The third-order valence-corrected chi connectivity index (χ3v) is 3.84. The summed E-state index contributed by atoms with van der Waals surface area (Å²) in [6, 6.07) is 6.49. The molecule has 2 rings (SSSR count). The molecule has 0 amide bonds. The second-order valence-electron chi connectivity index (χ2n) is 4.65. The third-order valence-electron chi connectivity index (χ3n) is 3.34. The molecule has 1 aromatic carbocycles. The number of terminal acetylenes is 1. The van der Waals surface area contributed by atoms with E-state index in [0.29, 0.717) is 18.8 Å². The summed E-state index contributed by atoms with van der Waals surface area (Å²) in [6.45, 7) is 1.07. The fourth-order valence-corrected chi connectivity index (χ4v) is 2.53. The van der Waals surface area contributed by atoms with Crippen LogP contribution in [-0.2, 0) is 11.3 Å². The van der Waals surface area contributed by atoms with E-state index in [9.17, 15) is 0 Å². The number of halogens is 1. The average Bonchev–Trinajstić information content (AvgIpc) is 2.36. The van der Waals surface area contributed by atoms with Crippen molar-refractivity contribution in [3.05, 3.63) is 28.2 Å². The molecule has 0 unspecified atom stereocenters. The van der Waals surface area contributed by atoms with Crippen molar-refractivity contribution >= 4 is 15.9 Å². The van der Waals surface area contributed by atoms with Gasteiger partial charge in [-0.15, -0.1) is 6.42 Å². The van der Waals surface area contributed by atoms with Crippen LogP contribution in [0.5, 0.6) is 5.75 Å². The standard InChI is InChI=1S/C15H18BrNO2/c1-3-6-19-15-5-4-12(16)7-11(15)10-17-13-8-14(9-13)18-2/h1,4-5,7,13-14,17H,6,8-10H2,2H3. The molecule has 1 aliphatic carbocycles. The van der Waals surface area contributed by atoms with E-state index in [0.717, 1.165) is 35.2 Å². The van der Waals surface area contributed by atoms with Gasteiger partial charge in [-0.25, -0.2) is 0 Å². The van der Waals surface area contributed by atoms with E-state index < -0.39 is 0 Å². The molecule has 1 fully saturated rings. The van der Waals surface area contributed by atoms with E-state index in [-0.39, 0.29) is 0 Å². The number of hydrogen-bond acceptors (Lipinski definition) is 3. The molecular formula is C15H18BrNO2. The van der Waals surface area contributed by atoms with Crippen LogP contribution in [0.25, 0.3) is 0 Å². The maximum Gasteiger partial charge on any atom is 0.148 e. The lowest BCUT2D eigenvalue weighted by Gasteiger charge is -2.35. The topological polar surface area (TPSA) is 30.5 Å². The molecule has 0 radical (unpaired) electrons. The van der Waals surface area contributed by atoms with Crippen LogP contribution in [0, 0.1) is 12.3 Å². The van der Waals surface area contributed by atoms with E-state index in [1.165, 1.54) is 0 Å². The van der Waals surface area contributed by atoms with Gasteiger partial charge in [-0.2, -0.15) is 0 Å². The maximum atomic E-state index is 5.55. The van der Waals surface area contributed by atoms with E-state index in [2.05, 4.69) is 33.2 Å². The zero-order valence-corrected chi connectivity index (χ0v) is 12.6. The monoisotopic (exact) mass is 323 g/mol. The van der Waals surface area contributed by atoms with E-state index >= 15 is 0 Å². The second-order valence-corrected chi connectivity index (χ2v) is 5.57. The van der Waals surface area contributed by atoms with E-state index in [1.54, 1.807) is 7.11 Å². The summed E-state index contributed by atoms with van der Waals surface area (Å²) in [5.74, 6) is 3.33. The summed E-state index contributed by atoms with van der Waals surface area (Å²) in [4.78, 5) is 0. The highest BCUT2D eigenvalue weighted by molar-refractivity contribution is 9.10. The normalized spacial score (nSPS) is 21.5. The van der Waals surface area contributed by atoms with Crippen molar-refractivity contribution in [2.24, 2.45) is 0 Å². The Bertz CT molecular complexity index is 464. The molecular weight excluding hydrogens is 306 g/mol. The predicted molar refractivity (Wildman–Crippen MR) is 79.1 cm³/mol. The van der Waals surface area contributed by atoms with Crippen LogP contribution >= 0.6 is 15.9 Å². The molecule has 0 bridgehead atoms. The van der Waals surface area contributed by atoms with Gasteiger partial charge in [0.2, 0.25) is 0 Å². The van der Waals surface area contributed by atoms with Gasteiger partial charge < -0.3 is 14.8 Å². The number of nitrogens with one attached hydrogen (secondary N) is 1. The second kappa shape index (κ2) is 6.95. The first-order valence-electron chi connectivity index (χ1n) is 6.33. The van der Waals surface area contributed by atoms with Crippen LogP contribution < -0.4 is 10.1 Å². The van der Waals surface area contributed by atoms with Crippen molar-refractivity contribution in [1.29, 1.82) is 0 Å². The molecule has 1 N–H and O–H groups in total. The summed E-state index contributed by atoms with van der Waals surface area (Å²) < 4.78 is 11.9. The van der Waals surface area contributed by atoms with Crippen molar-refractivity contribution in [2.75, 3.05) is 13.7 Å². The minimum atomic E-state index is 0.295. The maximum absolute atomic E-state index is 5.55. The summed E-state index contributed by atoms with van der Waals surface area (Å²) in [6.07, 6.45) is 7.79. The molecule has 0 aliphatic heterocycles. The van der Waals surface area contributed by atoms with Crippen LogP contribution in [-0.4, -0.2) is 25.9 Å². The molecule has 0 saturated heterocycles. The minimum absolute atomic E-state index is 0.295. The smallest absolute Gasteiger partial charge is 0.148 e. The number of rotatable bonds is 6. The highest BCUT2D eigenvalue weighted by Crippen LogP contribution is 2.26. The first-order valence-corrected chi connectivity index (χ1v) is 7.13. The van der Waals surface area contributed by atoms with Crippen LogP contribution in [0.4, 0.5) is 0 Å². The average molecular weight is 324 g/mol. The lowest BCUT2D eigenvalue weighted by atomic mass is 9.89. The predicted octanol–water partition coefficient (Wildman–Crippen LogP) is 2.73. The van der Waals surface area contributed by atoms with Gasteiger partial charge in [-0.05, 0) is 31.0 Å². The fourth-order valence-electron chi connectivity index (χ4n) is 2.13. The van der Waals surface area contributed by atoms with Gasteiger partial charge in [0, 0.05) is 29.7 Å². The van der Waals surface area contributed by atoms with Crippen molar-refractivity contribution in [1.82, 2.24) is 5.32 Å². The van der Waals surface area contributed by atoms with Gasteiger partial charge in [0.15, 0.2) is 0 Å². The van der Waals surface area contributed by atoms with Gasteiger partial charge in [0.1, 0.15) is 12.4 Å². The molecule has 0 spiro atoms. The lowest BCUT2D eigenvalue weighted by molar-refractivity contribution is 0.0169. The summed E-state index contributed by atoms with van der Waals surface area (Å²) >= 11 is 3.48. The summed E-state index contributed by atoms with van der Waals surface area (Å²) in [5.41, 5.74) is 1.12. The number of methoxy groups -OCH3 is 1. The molecule has 1 aromatic rings. The minimum Gasteiger partial charge on any atom is -0.481 e. The highest BCUT2D eigenvalue weighted by atomic mass is 79.9. The van der Waals surface area contributed by atoms with Crippen LogP contribution in [0.3, 0.4) is 0 Å². The van der Waals surface area contributed by atoms with E-state index in [1.807, 2.05) is 12.1 Å². The van der Waals surface area contributed by atoms with Crippen molar-refractivity contribution in [3.8, 4) is 18.1 Å². The molecule has 19 heavy (non-hydrogen) atoms. The first kappa shape index (κ1) is 14.4. The van der Waals surface area contributed by atoms with Gasteiger partial charge in [-0.1, -0.05) is 21.9 Å². The Morgan fingerprint density at radius 1 is 1.47 bits per heavy atom. The number of hydrogen-bond donors (Lipinski definition) is 1. The van der Waals surface area contributed by atoms with Crippen LogP contribution in [0.15, 0.2) is 22.7 Å². The molecule has 102 valence electrons. The number of benzene rings is 1.